The molecule has 0 radical (unpaired) electrons. The molecule has 0 bridgehead atoms. The molecule has 0 fully saturated rings. The number of amides is 1. The molecule has 144 valence electrons. The predicted molar refractivity (Wildman–Crippen MR) is 103 cm³/mol. The van der Waals surface area contributed by atoms with Crippen molar-refractivity contribution in [1.29, 1.82) is 0 Å². The molecule has 4 rings (SSSR count). The van der Waals surface area contributed by atoms with Gasteiger partial charge in [-0.25, -0.2) is 12.8 Å². The molecular weight excluding hydrogens is 383 g/mol. The Balaban J connectivity index is 1.50. The number of carbonyl (C=O) groups is 1. The van der Waals surface area contributed by atoms with Gasteiger partial charge in [0, 0.05) is 17.9 Å². The van der Waals surface area contributed by atoms with Crippen LogP contribution in [-0.2, 0) is 22.2 Å². The zero-order valence-corrected chi connectivity index (χ0v) is 15.6. The third-order valence-corrected chi connectivity index (χ3v) is 5.76. The monoisotopic (exact) mass is 400 g/mol. The van der Waals surface area contributed by atoms with Crippen molar-refractivity contribution in [1.82, 2.24) is 0 Å². The van der Waals surface area contributed by atoms with Crippen LogP contribution in [0.1, 0.15) is 21.7 Å². The summed E-state index contributed by atoms with van der Waals surface area (Å²) in [4.78, 5) is 14.1. The standard InChI is InChI=1S/C20H17FN2O4S/c21-16-5-3-14(4-6-16)13-28(25,26)22-17-7-8-18-15(12-17)9-10-23(18)20(24)19-2-1-11-27-19/h1-8,11-12,22H,9-10,13H2. The molecule has 1 amide bonds. The molecule has 0 saturated carbocycles. The maximum Gasteiger partial charge on any atom is 0.293 e. The van der Waals surface area contributed by atoms with Crippen molar-refractivity contribution < 1.29 is 22.0 Å². The van der Waals surface area contributed by atoms with E-state index >= 15 is 0 Å². The summed E-state index contributed by atoms with van der Waals surface area (Å²) in [6.07, 6.45) is 2.07. The zero-order valence-electron chi connectivity index (χ0n) is 14.8. The zero-order chi connectivity index (χ0) is 19.7. The molecule has 2 aromatic carbocycles. The number of fused-ring (bicyclic) bond motifs is 1. The van der Waals surface area contributed by atoms with Crippen LogP contribution in [0.25, 0.3) is 0 Å². The predicted octanol–water partition coefficient (Wildman–Crippen LogP) is 3.56. The SMILES string of the molecule is O=C(c1ccco1)N1CCc2cc(NS(=O)(=O)Cc3ccc(F)cc3)ccc21. The maximum absolute atomic E-state index is 13.0. The highest BCUT2D eigenvalue weighted by atomic mass is 32.2. The lowest BCUT2D eigenvalue weighted by molar-refractivity contribution is 0.0963. The average molecular weight is 400 g/mol. The highest BCUT2D eigenvalue weighted by Crippen LogP contribution is 2.32. The maximum atomic E-state index is 13.0. The molecule has 1 aliphatic heterocycles. The fraction of sp³-hybridized carbons (Fsp3) is 0.150. The lowest BCUT2D eigenvalue weighted by Crippen LogP contribution is -2.28. The number of nitrogens with zero attached hydrogens (tertiary/aromatic N) is 1. The highest BCUT2D eigenvalue weighted by molar-refractivity contribution is 7.91. The van der Waals surface area contributed by atoms with Gasteiger partial charge in [-0.2, -0.15) is 0 Å². The van der Waals surface area contributed by atoms with E-state index in [0.717, 1.165) is 11.3 Å². The van der Waals surface area contributed by atoms with E-state index in [9.17, 15) is 17.6 Å². The molecule has 0 unspecified atom stereocenters. The van der Waals surface area contributed by atoms with E-state index in [2.05, 4.69) is 4.72 Å². The van der Waals surface area contributed by atoms with Crippen LogP contribution in [0, 0.1) is 5.82 Å². The van der Waals surface area contributed by atoms with Crippen molar-refractivity contribution in [3.05, 3.63) is 83.6 Å². The molecule has 6 nitrogen and oxygen atoms in total. The molecule has 0 spiro atoms. The quantitative estimate of drug-likeness (QED) is 0.710. The lowest BCUT2D eigenvalue weighted by Gasteiger charge is -2.16. The van der Waals surface area contributed by atoms with Crippen LogP contribution in [0.15, 0.2) is 65.3 Å². The Bertz CT molecular complexity index is 1110. The van der Waals surface area contributed by atoms with E-state index in [0.29, 0.717) is 24.2 Å². The van der Waals surface area contributed by atoms with E-state index in [1.165, 1.54) is 30.5 Å². The van der Waals surface area contributed by atoms with Gasteiger partial charge < -0.3 is 9.32 Å². The van der Waals surface area contributed by atoms with E-state index in [1.807, 2.05) is 0 Å². The summed E-state index contributed by atoms with van der Waals surface area (Å²) in [5, 5.41) is 0. The van der Waals surface area contributed by atoms with E-state index in [-0.39, 0.29) is 17.4 Å². The number of hydrogen-bond donors (Lipinski definition) is 1. The van der Waals surface area contributed by atoms with Gasteiger partial charge in [-0.15, -0.1) is 0 Å². The second-order valence-electron chi connectivity index (χ2n) is 6.52. The van der Waals surface area contributed by atoms with Crippen LogP contribution in [0.3, 0.4) is 0 Å². The summed E-state index contributed by atoms with van der Waals surface area (Å²) in [5.74, 6) is -0.639. The molecule has 0 aliphatic carbocycles. The molecule has 3 aromatic rings. The summed E-state index contributed by atoms with van der Waals surface area (Å²) in [6.45, 7) is 0.501. The van der Waals surface area contributed by atoms with Crippen LogP contribution in [0.4, 0.5) is 15.8 Å². The first kappa shape index (κ1) is 18.2. The first-order valence-electron chi connectivity index (χ1n) is 8.64. The van der Waals surface area contributed by atoms with Crippen molar-refractivity contribution in [3.63, 3.8) is 0 Å². The highest BCUT2D eigenvalue weighted by Gasteiger charge is 2.27. The number of anilines is 2. The number of halogens is 1. The smallest absolute Gasteiger partial charge is 0.293 e. The number of carbonyl (C=O) groups excluding carboxylic acids is 1. The minimum Gasteiger partial charge on any atom is -0.459 e. The van der Waals surface area contributed by atoms with Gasteiger partial charge in [0.1, 0.15) is 5.82 Å². The Labute approximate surface area is 161 Å². The normalized spacial score (nSPS) is 13.4. The first-order valence-corrected chi connectivity index (χ1v) is 10.3. The molecule has 1 aliphatic rings. The number of sulfonamides is 1. The number of benzene rings is 2. The summed E-state index contributed by atoms with van der Waals surface area (Å²) in [7, 11) is -3.65. The van der Waals surface area contributed by atoms with Gasteiger partial charge in [-0.1, -0.05) is 12.1 Å². The number of furan rings is 1. The van der Waals surface area contributed by atoms with Gasteiger partial charge in [0.25, 0.3) is 5.91 Å². The second-order valence-corrected chi connectivity index (χ2v) is 8.24. The first-order chi connectivity index (χ1) is 13.4. The van der Waals surface area contributed by atoms with Crippen LogP contribution in [-0.4, -0.2) is 20.9 Å². The fourth-order valence-corrected chi connectivity index (χ4v) is 4.41. The minimum atomic E-state index is -3.65. The molecule has 1 N–H and O–H groups in total. The lowest BCUT2D eigenvalue weighted by atomic mass is 10.1. The molecule has 0 atom stereocenters. The van der Waals surface area contributed by atoms with Crippen molar-refractivity contribution in [2.75, 3.05) is 16.2 Å². The van der Waals surface area contributed by atoms with Gasteiger partial charge in [0.15, 0.2) is 5.76 Å². The van der Waals surface area contributed by atoms with Gasteiger partial charge >= 0.3 is 0 Å². The topological polar surface area (TPSA) is 79.6 Å². The molecule has 2 heterocycles. The fourth-order valence-electron chi connectivity index (χ4n) is 3.23. The number of hydrogen-bond acceptors (Lipinski definition) is 4. The van der Waals surface area contributed by atoms with Crippen LogP contribution in [0.2, 0.25) is 0 Å². The molecule has 8 heteroatoms. The van der Waals surface area contributed by atoms with Gasteiger partial charge in [0.05, 0.1) is 12.0 Å². The Morgan fingerprint density at radius 3 is 2.64 bits per heavy atom. The Morgan fingerprint density at radius 2 is 1.93 bits per heavy atom. The minimum absolute atomic E-state index is 0.228. The second kappa shape index (κ2) is 7.12. The third-order valence-electron chi connectivity index (χ3n) is 4.50. The average Bonchev–Trinajstić information content (AvgIpc) is 3.32. The summed E-state index contributed by atoms with van der Waals surface area (Å²) >= 11 is 0. The molecule has 1 aromatic heterocycles. The van der Waals surface area contributed by atoms with Gasteiger partial charge in [-0.05, 0) is 60.0 Å². The Morgan fingerprint density at radius 1 is 1.14 bits per heavy atom. The Hall–Kier alpha value is -3.13. The van der Waals surface area contributed by atoms with Crippen molar-refractivity contribution in [3.8, 4) is 0 Å². The van der Waals surface area contributed by atoms with E-state index in [1.54, 1.807) is 35.2 Å². The summed E-state index contributed by atoms with van der Waals surface area (Å²) in [6, 6.07) is 13.7. The van der Waals surface area contributed by atoms with Crippen LogP contribution in [0.5, 0.6) is 0 Å². The molecular formula is C20H17FN2O4S. The van der Waals surface area contributed by atoms with Crippen molar-refractivity contribution in [2.45, 2.75) is 12.2 Å². The van der Waals surface area contributed by atoms with Crippen molar-refractivity contribution >= 4 is 27.3 Å². The molecule has 0 saturated heterocycles. The van der Waals surface area contributed by atoms with Crippen LogP contribution >= 0.6 is 0 Å². The number of rotatable bonds is 5. The van der Waals surface area contributed by atoms with E-state index in [4.69, 9.17) is 4.42 Å². The summed E-state index contributed by atoms with van der Waals surface area (Å²) in [5.41, 5.74) is 2.53. The summed E-state index contributed by atoms with van der Waals surface area (Å²) < 4.78 is 45.5. The molecule has 28 heavy (non-hydrogen) atoms. The third kappa shape index (κ3) is 3.77. The van der Waals surface area contributed by atoms with Gasteiger partial charge in [0.2, 0.25) is 10.0 Å². The van der Waals surface area contributed by atoms with Gasteiger partial charge in [-0.3, -0.25) is 9.52 Å². The largest absolute Gasteiger partial charge is 0.459 e. The van der Waals surface area contributed by atoms with Crippen LogP contribution < -0.4 is 9.62 Å². The number of nitrogens with one attached hydrogen (secondary N) is 1. The Kier molecular flexibility index (Phi) is 4.64. The van der Waals surface area contributed by atoms with Crippen molar-refractivity contribution in [2.24, 2.45) is 0 Å². The van der Waals surface area contributed by atoms with E-state index < -0.39 is 15.8 Å².